The maximum atomic E-state index is 13.0. The molecule has 144 valence electrons. The normalized spacial score (nSPS) is 10.9. The Morgan fingerprint density at radius 2 is 1.34 bits per heavy atom. The third-order valence-corrected chi connectivity index (χ3v) is 5.63. The molecule has 0 atom stereocenters. The molecule has 0 saturated carbocycles. The average molecular weight is 401 g/mol. The molecule has 3 aromatic carbocycles. The Morgan fingerprint density at radius 1 is 0.828 bits per heavy atom. The van der Waals surface area contributed by atoms with Crippen LogP contribution in [-0.2, 0) is 5.75 Å². The Kier molecular flexibility index (Phi) is 5.77. The first-order valence-corrected chi connectivity index (χ1v) is 10.3. The molecule has 5 heteroatoms. The van der Waals surface area contributed by atoms with Gasteiger partial charge in [0.25, 0.3) is 5.56 Å². The van der Waals surface area contributed by atoms with E-state index in [0.29, 0.717) is 10.9 Å². The number of hydrogen-bond acceptors (Lipinski definition) is 4. The van der Waals surface area contributed by atoms with Crippen molar-refractivity contribution in [2.24, 2.45) is 0 Å². The Bertz CT molecular complexity index is 1090. The predicted octanol–water partition coefficient (Wildman–Crippen LogP) is 4.95. The second kappa shape index (κ2) is 8.80. The van der Waals surface area contributed by atoms with Gasteiger partial charge in [-0.05, 0) is 16.7 Å². The lowest BCUT2D eigenvalue weighted by Gasteiger charge is -2.18. The topological polar surface area (TPSA) is 66.0 Å². The van der Waals surface area contributed by atoms with E-state index in [0.717, 1.165) is 16.7 Å². The summed E-state index contributed by atoms with van der Waals surface area (Å²) in [5.41, 5.74) is 2.89. The molecule has 29 heavy (non-hydrogen) atoms. The highest BCUT2D eigenvalue weighted by Gasteiger charge is 2.24. The minimum atomic E-state index is -0.401. The van der Waals surface area contributed by atoms with E-state index < -0.39 is 5.92 Å². The monoisotopic (exact) mass is 400 g/mol. The van der Waals surface area contributed by atoms with Crippen LogP contribution in [0.15, 0.2) is 101 Å². The van der Waals surface area contributed by atoms with Gasteiger partial charge in [-0.1, -0.05) is 103 Å². The van der Waals surface area contributed by atoms with Crippen molar-refractivity contribution >= 4 is 11.8 Å². The van der Waals surface area contributed by atoms with Gasteiger partial charge in [0.1, 0.15) is 0 Å². The van der Waals surface area contributed by atoms with Crippen LogP contribution in [0, 0.1) is 0 Å². The van der Waals surface area contributed by atoms with Gasteiger partial charge in [-0.2, -0.15) is 4.98 Å². The second-order valence-corrected chi connectivity index (χ2v) is 7.60. The van der Waals surface area contributed by atoms with E-state index in [1.807, 2.05) is 91.0 Å². The van der Waals surface area contributed by atoms with E-state index in [-0.39, 0.29) is 17.0 Å². The summed E-state index contributed by atoms with van der Waals surface area (Å²) in [5.74, 6) is 0.0208. The summed E-state index contributed by atoms with van der Waals surface area (Å²) in [6, 6.07) is 29.3. The number of aromatic nitrogens is 2. The molecular formula is C24H20N2O2S. The molecule has 0 aliphatic carbocycles. The van der Waals surface area contributed by atoms with Crippen molar-refractivity contribution in [2.75, 3.05) is 0 Å². The maximum Gasteiger partial charge on any atom is 0.259 e. The van der Waals surface area contributed by atoms with Crippen LogP contribution in [0.2, 0.25) is 0 Å². The second-order valence-electron chi connectivity index (χ2n) is 6.64. The summed E-state index contributed by atoms with van der Waals surface area (Å²) in [7, 11) is 0. The first kappa shape index (κ1) is 19.0. The number of benzene rings is 3. The van der Waals surface area contributed by atoms with Gasteiger partial charge in [0.2, 0.25) is 5.88 Å². The van der Waals surface area contributed by atoms with Gasteiger partial charge in [0, 0.05) is 11.7 Å². The van der Waals surface area contributed by atoms with Crippen LogP contribution in [0.1, 0.15) is 28.2 Å². The van der Waals surface area contributed by atoms with Crippen molar-refractivity contribution in [1.82, 2.24) is 9.97 Å². The van der Waals surface area contributed by atoms with E-state index in [1.54, 1.807) is 0 Å². The van der Waals surface area contributed by atoms with Gasteiger partial charge in [-0.25, -0.2) is 0 Å². The lowest BCUT2D eigenvalue weighted by molar-refractivity contribution is 0.434. The fourth-order valence-corrected chi connectivity index (χ4v) is 4.13. The third-order valence-electron chi connectivity index (χ3n) is 4.69. The van der Waals surface area contributed by atoms with Crippen LogP contribution in [-0.4, -0.2) is 15.1 Å². The highest BCUT2D eigenvalue weighted by Crippen LogP contribution is 2.34. The number of nitrogens with one attached hydrogen (secondary N) is 1. The zero-order valence-electron chi connectivity index (χ0n) is 15.7. The number of aromatic amines is 1. The Morgan fingerprint density at radius 3 is 1.86 bits per heavy atom. The number of hydrogen-bond donors (Lipinski definition) is 2. The van der Waals surface area contributed by atoms with Crippen molar-refractivity contribution in [1.29, 1.82) is 0 Å². The summed E-state index contributed by atoms with van der Waals surface area (Å²) in [4.78, 5) is 20.1. The highest BCUT2D eigenvalue weighted by atomic mass is 32.2. The molecule has 4 rings (SSSR count). The molecule has 0 spiro atoms. The third kappa shape index (κ3) is 4.41. The van der Waals surface area contributed by atoms with Crippen molar-refractivity contribution in [3.8, 4) is 5.88 Å². The lowest BCUT2D eigenvalue weighted by Crippen LogP contribution is -2.20. The summed E-state index contributed by atoms with van der Waals surface area (Å²) in [5, 5.41) is 11.1. The van der Waals surface area contributed by atoms with E-state index in [9.17, 15) is 9.90 Å². The van der Waals surface area contributed by atoms with Gasteiger partial charge in [-0.3, -0.25) is 4.79 Å². The largest absolute Gasteiger partial charge is 0.493 e. The Balaban J connectivity index is 1.71. The molecule has 0 radical (unpaired) electrons. The van der Waals surface area contributed by atoms with E-state index >= 15 is 0 Å². The molecule has 2 N–H and O–H groups in total. The van der Waals surface area contributed by atoms with Crippen LogP contribution in [0.5, 0.6) is 5.88 Å². The van der Waals surface area contributed by atoms with Crippen LogP contribution in [0.4, 0.5) is 0 Å². The first-order chi connectivity index (χ1) is 14.2. The standard InChI is InChI=1S/C24H20N2O2S/c27-22-21(20(18-12-6-2-7-13-18)19-14-8-3-9-15-19)23(28)26-24(25-22)29-16-17-10-4-1-5-11-17/h1-15,20H,16H2,(H2,25,26,27,28). The van der Waals surface area contributed by atoms with Crippen LogP contribution in [0.25, 0.3) is 0 Å². The average Bonchev–Trinajstić information content (AvgIpc) is 2.77. The zero-order valence-corrected chi connectivity index (χ0v) is 16.5. The van der Waals surface area contributed by atoms with E-state index in [1.165, 1.54) is 11.8 Å². The summed E-state index contributed by atoms with van der Waals surface area (Å²) in [6.45, 7) is 0. The van der Waals surface area contributed by atoms with Gasteiger partial charge >= 0.3 is 0 Å². The van der Waals surface area contributed by atoms with Crippen molar-refractivity contribution in [3.05, 3.63) is 124 Å². The first-order valence-electron chi connectivity index (χ1n) is 9.32. The quantitative estimate of drug-likeness (QED) is 0.355. The van der Waals surface area contributed by atoms with Gasteiger partial charge in [0.05, 0.1) is 5.56 Å². The summed E-state index contributed by atoms with van der Waals surface area (Å²) < 4.78 is 0. The Hall–Kier alpha value is -3.31. The minimum absolute atomic E-state index is 0.234. The molecule has 0 aliphatic rings. The van der Waals surface area contributed by atoms with E-state index in [2.05, 4.69) is 9.97 Å². The number of H-pyrrole nitrogens is 1. The molecule has 0 bridgehead atoms. The van der Waals surface area contributed by atoms with Crippen molar-refractivity contribution < 1.29 is 5.11 Å². The van der Waals surface area contributed by atoms with Crippen LogP contribution < -0.4 is 5.56 Å². The molecular weight excluding hydrogens is 380 g/mol. The van der Waals surface area contributed by atoms with Gasteiger partial charge < -0.3 is 10.1 Å². The predicted molar refractivity (Wildman–Crippen MR) is 116 cm³/mol. The molecule has 0 saturated heterocycles. The van der Waals surface area contributed by atoms with Gasteiger partial charge in [0.15, 0.2) is 5.16 Å². The fourth-order valence-electron chi connectivity index (χ4n) is 3.32. The lowest BCUT2D eigenvalue weighted by atomic mass is 9.86. The number of aromatic hydroxyl groups is 1. The van der Waals surface area contributed by atoms with Crippen LogP contribution in [0.3, 0.4) is 0 Å². The smallest absolute Gasteiger partial charge is 0.259 e. The zero-order chi connectivity index (χ0) is 20.1. The highest BCUT2D eigenvalue weighted by molar-refractivity contribution is 7.98. The fraction of sp³-hybridized carbons (Fsp3) is 0.0833. The summed E-state index contributed by atoms with van der Waals surface area (Å²) >= 11 is 1.39. The SMILES string of the molecule is O=c1[nH]c(SCc2ccccc2)nc(O)c1C(c1ccccc1)c1ccccc1. The van der Waals surface area contributed by atoms with E-state index in [4.69, 9.17) is 0 Å². The minimum Gasteiger partial charge on any atom is -0.493 e. The van der Waals surface area contributed by atoms with Crippen molar-refractivity contribution in [3.63, 3.8) is 0 Å². The number of nitrogens with zero attached hydrogens (tertiary/aromatic N) is 1. The molecule has 0 aliphatic heterocycles. The number of rotatable bonds is 6. The van der Waals surface area contributed by atoms with Crippen LogP contribution >= 0.6 is 11.8 Å². The maximum absolute atomic E-state index is 13.0. The molecule has 4 aromatic rings. The molecule has 1 aromatic heterocycles. The molecule has 0 fully saturated rings. The molecule has 1 heterocycles. The van der Waals surface area contributed by atoms with Crippen molar-refractivity contribution in [2.45, 2.75) is 16.8 Å². The van der Waals surface area contributed by atoms with Gasteiger partial charge in [-0.15, -0.1) is 0 Å². The summed E-state index contributed by atoms with van der Waals surface area (Å²) in [6.07, 6.45) is 0. The number of thioether (sulfide) groups is 1. The molecule has 0 amide bonds. The Labute approximate surface area is 173 Å². The molecule has 4 nitrogen and oxygen atoms in total. The molecule has 0 unspecified atom stereocenters.